The van der Waals surface area contributed by atoms with Gasteiger partial charge in [-0.3, -0.25) is 5.41 Å². The fourth-order valence-corrected chi connectivity index (χ4v) is 2.07. The van der Waals surface area contributed by atoms with E-state index in [9.17, 15) is 4.79 Å². The molecule has 1 heterocycles. The van der Waals surface area contributed by atoms with Crippen molar-refractivity contribution in [2.45, 2.75) is 13.8 Å². The van der Waals surface area contributed by atoms with Crippen molar-refractivity contribution in [3.05, 3.63) is 20.9 Å². The van der Waals surface area contributed by atoms with E-state index in [1.807, 2.05) is 0 Å². The maximum Gasteiger partial charge on any atom is 0.346 e. The van der Waals surface area contributed by atoms with Gasteiger partial charge < -0.3 is 10.8 Å². The molecule has 1 aromatic rings. The number of carbonyl (C=O) groups is 1. The van der Waals surface area contributed by atoms with Gasteiger partial charge in [-0.2, -0.15) is 0 Å². The second-order valence-electron chi connectivity index (χ2n) is 2.73. The molecule has 1 rings (SSSR count). The van der Waals surface area contributed by atoms with Crippen molar-refractivity contribution in [3.63, 3.8) is 0 Å². The summed E-state index contributed by atoms with van der Waals surface area (Å²) in [6.45, 7) is 3.50. The lowest BCUT2D eigenvalue weighted by atomic mass is 10.1. The van der Waals surface area contributed by atoms with Gasteiger partial charge in [0.15, 0.2) is 0 Å². The Kier molecular flexibility index (Phi) is 2.38. The van der Waals surface area contributed by atoms with Crippen molar-refractivity contribution in [3.8, 4) is 0 Å². The zero-order valence-electron chi connectivity index (χ0n) is 7.34. The summed E-state index contributed by atoms with van der Waals surface area (Å²) < 4.78 is 0. The standard InChI is InChI=1S/C8H10N2O2S/c1-3-4(2)6(8(11)12)13-5(3)7(9)10/h1-2H3,(H3,9,10)(H,11,12). The number of aromatic carboxylic acids is 1. The Balaban J connectivity index is 3.36. The average Bonchev–Trinajstić information content (AvgIpc) is 2.29. The Morgan fingerprint density at radius 3 is 2.08 bits per heavy atom. The summed E-state index contributed by atoms with van der Waals surface area (Å²) in [6.07, 6.45) is 0. The van der Waals surface area contributed by atoms with Crippen molar-refractivity contribution in [1.82, 2.24) is 0 Å². The van der Waals surface area contributed by atoms with Crippen LogP contribution in [0.15, 0.2) is 0 Å². The van der Waals surface area contributed by atoms with Crippen LogP contribution in [0.1, 0.15) is 25.7 Å². The maximum atomic E-state index is 10.7. The van der Waals surface area contributed by atoms with Gasteiger partial charge in [0, 0.05) is 0 Å². The number of carboxylic acids is 1. The first kappa shape index (κ1) is 9.73. The summed E-state index contributed by atoms with van der Waals surface area (Å²) in [5.41, 5.74) is 6.78. The van der Waals surface area contributed by atoms with E-state index in [0.29, 0.717) is 10.4 Å². The molecule has 70 valence electrons. The van der Waals surface area contributed by atoms with Crippen LogP contribution < -0.4 is 5.73 Å². The van der Waals surface area contributed by atoms with Crippen LogP contribution in [0.5, 0.6) is 0 Å². The van der Waals surface area contributed by atoms with Crippen LogP contribution in [-0.2, 0) is 0 Å². The second kappa shape index (κ2) is 3.18. The SMILES string of the molecule is Cc1c(C(=N)N)sc(C(=O)O)c1C. The van der Waals surface area contributed by atoms with Gasteiger partial charge in [0.05, 0.1) is 4.88 Å². The minimum absolute atomic E-state index is 0.0712. The molecule has 0 unspecified atom stereocenters. The largest absolute Gasteiger partial charge is 0.477 e. The number of hydrogen-bond acceptors (Lipinski definition) is 3. The predicted molar refractivity (Wildman–Crippen MR) is 51.8 cm³/mol. The molecule has 0 aliphatic rings. The van der Waals surface area contributed by atoms with Gasteiger partial charge in [0.1, 0.15) is 10.7 Å². The number of thiophene rings is 1. The summed E-state index contributed by atoms with van der Waals surface area (Å²) in [6, 6.07) is 0. The highest BCUT2D eigenvalue weighted by Gasteiger charge is 2.17. The van der Waals surface area contributed by atoms with Crippen LogP contribution in [0, 0.1) is 19.3 Å². The highest BCUT2D eigenvalue weighted by Crippen LogP contribution is 2.26. The summed E-state index contributed by atoms with van der Waals surface area (Å²) in [4.78, 5) is 11.5. The Labute approximate surface area is 79.5 Å². The number of hydrogen-bond donors (Lipinski definition) is 3. The lowest BCUT2D eigenvalue weighted by molar-refractivity contribution is 0.0701. The number of amidine groups is 1. The molecule has 0 aliphatic carbocycles. The third-order valence-corrected chi connectivity index (χ3v) is 3.30. The van der Waals surface area contributed by atoms with Gasteiger partial charge in [-0.05, 0) is 25.0 Å². The van der Waals surface area contributed by atoms with E-state index in [1.165, 1.54) is 0 Å². The topological polar surface area (TPSA) is 87.2 Å². The van der Waals surface area contributed by atoms with Gasteiger partial charge in [-0.15, -0.1) is 11.3 Å². The molecule has 4 N–H and O–H groups in total. The molecule has 0 bridgehead atoms. The minimum Gasteiger partial charge on any atom is -0.477 e. The Hall–Kier alpha value is -1.36. The summed E-state index contributed by atoms with van der Waals surface area (Å²) >= 11 is 1.05. The number of nitrogens with one attached hydrogen (secondary N) is 1. The third kappa shape index (κ3) is 1.55. The van der Waals surface area contributed by atoms with Crippen molar-refractivity contribution in [1.29, 1.82) is 5.41 Å². The van der Waals surface area contributed by atoms with Crippen LogP contribution in [0.25, 0.3) is 0 Å². The van der Waals surface area contributed by atoms with Crippen LogP contribution >= 0.6 is 11.3 Å². The maximum absolute atomic E-state index is 10.7. The molecule has 0 atom stereocenters. The normalized spacial score (nSPS) is 10.0. The number of rotatable bonds is 2. The van der Waals surface area contributed by atoms with Crippen LogP contribution in [0.3, 0.4) is 0 Å². The van der Waals surface area contributed by atoms with E-state index < -0.39 is 5.97 Å². The Bertz CT molecular complexity index is 347. The Morgan fingerprint density at radius 2 is 1.85 bits per heavy atom. The Morgan fingerprint density at radius 1 is 1.38 bits per heavy atom. The van der Waals surface area contributed by atoms with Crippen molar-refractivity contribution in [2.75, 3.05) is 0 Å². The predicted octanol–water partition coefficient (Wildman–Crippen LogP) is 1.35. The van der Waals surface area contributed by atoms with Gasteiger partial charge in [-0.1, -0.05) is 0 Å². The first-order valence-corrected chi connectivity index (χ1v) is 4.44. The van der Waals surface area contributed by atoms with Crippen LogP contribution in [0.4, 0.5) is 0 Å². The second-order valence-corrected chi connectivity index (χ2v) is 3.75. The molecule has 0 aromatic carbocycles. The van der Waals surface area contributed by atoms with Crippen LogP contribution in [0.2, 0.25) is 0 Å². The van der Waals surface area contributed by atoms with Gasteiger partial charge in [0.25, 0.3) is 0 Å². The van der Waals surface area contributed by atoms with Crippen LogP contribution in [-0.4, -0.2) is 16.9 Å². The smallest absolute Gasteiger partial charge is 0.346 e. The fraction of sp³-hybridized carbons (Fsp3) is 0.250. The molecule has 0 amide bonds. The van der Waals surface area contributed by atoms with Gasteiger partial charge >= 0.3 is 5.97 Å². The van der Waals surface area contributed by atoms with E-state index >= 15 is 0 Å². The van der Waals surface area contributed by atoms with E-state index in [4.69, 9.17) is 16.2 Å². The van der Waals surface area contributed by atoms with Crippen molar-refractivity contribution in [2.24, 2.45) is 5.73 Å². The first-order chi connectivity index (χ1) is 5.95. The summed E-state index contributed by atoms with van der Waals surface area (Å²) in [7, 11) is 0. The number of nitrogen functional groups attached to an aromatic ring is 1. The lowest BCUT2D eigenvalue weighted by Gasteiger charge is -1.94. The molecule has 0 radical (unpaired) electrons. The monoisotopic (exact) mass is 198 g/mol. The number of carboxylic acid groups (broad SMARTS) is 1. The van der Waals surface area contributed by atoms with Gasteiger partial charge in [0.2, 0.25) is 0 Å². The molecule has 1 aromatic heterocycles. The first-order valence-electron chi connectivity index (χ1n) is 3.62. The molecule has 5 heteroatoms. The summed E-state index contributed by atoms with van der Waals surface area (Å²) in [5.74, 6) is -1.03. The summed E-state index contributed by atoms with van der Waals surface area (Å²) in [5, 5.41) is 16.0. The lowest BCUT2D eigenvalue weighted by Crippen LogP contribution is -2.10. The highest BCUT2D eigenvalue weighted by molar-refractivity contribution is 7.16. The molecule has 0 fully saturated rings. The molecule has 4 nitrogen and oxygen atoms in total. The van der Waals surface area contributed by atoms with Gasteiger partial charge in [-0.25, -0.2) is 4.79 Å². The zero-order chi connectivity index (χ0) is 10.2. The number of nitrogens with two attached hydrogens (primary N) is 1. The third-order valence-electron chi connectivity index (χ3n) is 1.89. The average molecular weight is 198 g/mol. The molecule has 13 heavy (non-hydrogen) atoms. The molecule has 0 saturated heterocycles. The van der Waals surface area contributed by atoms with E-state index in [1.54, 1.807) is 13.8 Å². The minimum atomic E-state index is -0.960. The molecular weight excluding hydrogens is 188 g/mol. The highest BCUT2D eigenvalue weighted by atomic mass is 32.1. The van der Waals surface area contributed by atoms with Crippen molar-refractivity contribution >= 4 is 23.1 Å². The van der Waals surface area contributed by atoms with E-state index in [-0.39, 0.29) is 10.7 Å². The quantitative estimate of drug-likeness (QED) is 0.495. The molecule has 0 saturated carbocycles. The van der Waals surface area contributed by atoms with Crippen molar-refractivity contribution < 1.29 is 9.90 Å². The molecule has 0 spiro atoms. The molecular formula is C8H10N2O2S. The fourth-order valence-electron chi connectivity index (χ4n) is 1.06. The van der Waals surface area contributed by atoms with E-state index in [0.717, 1.165) is 16.9 Å². The zero-order valence-corrected chi connectivity index (χ0v) is 8.16. The molecule has 0 aliphatic heterocycles. The van der Waals surface area contributed by atoms with E-state index in [2.05, 4.69) is 0 Å².